The fourth-order valence-electron chi connectivity index (χ4n) is 3.02. The van der Waals surface area contributed by atoms with Gasteiger partial charge in [-0.2, -0.15) is 0 Å². The Bertz CT molecular complexity index is 406. The van der Waals surface area contributed by atoms with E-state index in [4.69, 9.17) is 0 Å². The first-order chi connectivity index (χ1) is 9.35. The fraction of sp³-hybridized carbons (Fsp3) is 0.667. The molecule has 2 nitrogen and oxygen atoms in total. The zero-order valence-electron chi connectivity index (χ0n) is 13.7. The molecular formula is C18H30N2. The highest BCUT2D eigenvalue weighted by Gasteiger charge is 2.21. The molecule has 20 heavy (non-hydrogen) atoms. The first-order valence-corrected chi connectivity index (χ1v) is 7.97. The summed E-state index contributed by atoms with van der Waals surface area (Å²) in [5.41, 5.74) is 2.86. The summed E-state index contributed by atoms with van der Waals surface area (Å²) < 4.78 is 0. The predicted molar refractivity (Wildman–Crippen MR) is 88.5 cm³/mol. The van der Waals surface area contributed by atoms with Crippen LogP contribution in [0.4, 0.5) is 5.69 Å². The van der Waals surface area contributed by atoms with Crippen LogP contribution in [0.15, 0.2) is 24.3 Å². The van der Waals surface area contributed by atoms with Crippen LogP contribution < -0.4 is 5.32 Å². The average Bonchev–Trinajstić information content (AvgIpc) is 2.38. The van der Waals surface area contributed by atoms with Crippen molar-refractivity contribution in [3.63, 3.8) is 0 Å². The molecule has 0 unspecified atom stereocenters. The van der Waals surface area contributed by atoms with Crippen molar-refractivity contribution in [3.8, 4) is 0 Å². The Kier molecular flexibility index (Phi) is 4.74. The summed E-state index contributed by atoms with van der Waals surface area (Å²) in [5.74, 6) is 0.744. The summed E-state index contributed by atoms with van der Waals surface area (Å²) in [6.07, 6.45) is 2.59. The van der Waals surface area contributed by atoms with Gasteiger partial charge in [0.1, 0.15) is 0 Å². The minimum Gasteiger partial charge on any atom is -0.380 e. The Balaban J connectivity index is 1.94. The number of hydrogen-bond donors (Lipinski definition) is 1. The smallest absolute Gasteiger partial charge is 0.0344 e. The lowest BCUT2D eigenvalue weighted by Crippen LogP contribution is -2.37. The van der Waals surface area contributed by atoms with Crippen molar-refractivity contribution in [3.05, 3.63) is 29.8 Å². The molecule has 0 radical (unpaired) electrons. The molecule has 0 aliphatic carbocycles. The Morgan fingerprint density at radius 2 is 1.60 bits per heavy atom. The van der Waals surface area contributed by atoms with E-state index in [0.717, 1.165) is 5.92 Å². The van der Waals surface area contributed by atoms with Gasteiger partial charge in [0, 0.05) is 17.3 Å². The standard InChI is InChI=1S/C18H30N2/c1-14(2)20-12-10-16(11-13-20)15-6-8-17(9-7-15)19-18(3,4)5/h6-9,14,16,19H,10-13H2,1-5H3. The van der Waals surface area contributed by atoms with Crippen LogP contribution in [0.3, 0.4) is 0 Å². The topological polar surface area (TPSA) is 15.3 Å². The van der Waals surface area contributed by atoms with Crippen LogP contribution in [0.5, 0.6) is 0 Å². The highest BCUT2D eigenvalue weighted by molar-refractivity contribution is 5.47. The normalized spacial score (nSPS) is 18.5. The monoisotopic (exact) mass is 274 g/mol. The number of benzene rings is 1. The van der Waals surface area contributed by atoms with Gasteiger partial charge < -0.3 is 10.2 Å². The quantitative estimate of drug-likeness (QED) is 0.874. The van der Waals surface area contributed by atoms with Gasteiger partial charge in [-0.3, -0.25) is 0 Å². The minimum absolute atomic E-state index is 0.129. The first-order valence-electron chi connectivity index (χ1n) is 7.97. The number of nitrogens with one attached hydrogen (secondary N) is 1. The fourth-order valence-corrected chi connectivity index (χ4v) is 3.02. The van der Waals surface area contributed by atoms with E-state index >= 15 is 0 Å². The molecule has 2 heteroatoms. The lowest BCUT2D eigenvalue weighted by atomic mass is 9.89. The van der Waals surface area contributed by atoms with Gasteiger partial charge in [0.2, 0.25) is 0 Å². The van der Waals surface area contributed by atoms with Crippen LogP contribution in [0, 0.1) is 0 Å². The second-order valence-electron chi connectivity index (χ2n) is 7.40. The van der Waals surface area contributed by atoms with Crippen molar-refractivity contribution < 1.29 is 0 Å². The van der Waals surface area contributed by atoms with E-state index in [0.29, 0.717) is 6.04 Å². The van der Waals surface area contributed by atoms with Crippen molar-refractivity contribution >= 4 is 5.69 Å². The maximum Gasteiger partial charge on any atom is 0.0344 e. The molecule has 112 valence electrons. The second-order valence-corrected chi connectivity index (χ2v) is 7.40. The minimum atomic E-state index is 0.129. The number of anilines is 1. The van der Waals surface area contributed by atoms with E-state index in [1.54, 1.807) is 0 Å². The molecule has 0 spiro atoms. The number of piperidine rings is 1. The molecule has 1 aliphatic heterocycles. The Hall–Kier alpha value is -1.02. The Morgan fingerprint density at radius 3 is 2.05 bits per heavy atom. The maximum absolute atomic E-state index is 3.53. The molecule has 0 atom stereocenters. The highest BCUT2D eigenvalue weighted by Crippen LogP contribution is 2.29. The van der Waals surface area contributed by atoms with Crippen LogP contribution in [-0.2, 0) is 0 Å². The van der Waals surface area contributed by atoms with Gasteiger partial charge in [-0.1, -0.05) is 12.1 Å². The van der Waals surface area contributed by atoms with E-state index < -0.39 is 0 Å². The number of nitrogens with zero attached hydrogens (tertiary/aromatic N) is 1. The maximum atomic E-state index is 3.53. The van der Waals surface area contributed by atoms with Crippen LogP contribution in [0.25, 0.3) is 0 Å². The van der Waals surface area contributed by atoms with E-state index in [1.807, 2.05) is 0 Å². The van der Waals surface area contributed by atoms with Gasteiger partial charge in [0.15, 0.2) is 0 Å². The van der Waals surface area contributed by atoms with Crippen LogP contribution in [0.2, 0.25) is 0 Å². The van der Waals surface area contributed by atoms with E-state index in [9.17, 15) is 0 Å². The molecule has 0 aromatic heterocycles. The Morgan fingerprint density at radius 1 is 1.05 bits per heavy atom. The van der Waals surface area contributed by atoms with E-state index in [2.05, 4.69) is 69.1 Å². The average molecular weight is 274 g/mol. The van der Waals surface area contributed by atoms with Gasteiger partial charge in [-0.05, 0) is 84.2 Å². The van der Waals surface area contributed by atoms with Crippen molar-refractivity contribution in [1.82, 2.24) is 4.90 Å². The molecule has 1 N–H and O–H groups in total. The number of hydrogen-bond acceptors (Lipinski definition) is 2. The molecule has 1 heterocycles. The molecule has 0 bridgehead atoms. The molecule has 1 aromatic rings. The van der Waals surface area contributed by atoms with E-state index in [-0.39, 0.29) is 5.54 Å². The summed E-state index contributed by atoms with van der Waals surface area (Å²) in [4.78, 5) is 2.59. The third-order valence-corrected chi connectivity index (χ3v) is 4.16. The molecule has 0 saturated carbocycles. The number of rotatable bonds is 3. The van der Waals surface area contributed by atoms with E-state index in [1.165, 1.54) is 37.2 Å². The summed E-state index contributed by atoms with van der Waals surface area (Å²) in [6.45, 7) is 13.7. The molecule has 1 aliphatic rings. The molecule has 1 aromatic carbocycles. The van der Waals surface area contributed by atoms with Crippen LogP contribution in [-0.4, -0.2) is 29.6 Å². The largest absolute Gasteiger partial charge is 0.380 e. The lowest BCUT2D eigenvalue weighted by Gasteiger charge is -2.34. The summed E-state index contributed by atoms with van der Waals surface area (Å²) >= 11 is 0. The van der Waals surface area contributed by atoms with Gasteiger partial charge in [-0.25, -0.2) is 0 Å². The molecule has 1 saturated heterocycles. The van der Waals surface area contributed by atoms with Crippen LogP contribution in [0.1, 0.15) is 58.9 Å². The molecular weight excluding hydrogens is 244 g/mol. The van der Waals surface area contributed by atoms with Gasteiger partial charge >= 0.3 is 0 Å². The second kappa shape index (κ2) is 6.17. The third kappa shape index (κ3) is 4.24. The molecule has 2 rings (SSSR count). The number of likely N-dealkylation sites (tertiary alicyclic amines) is 1. The van der Waals surface area contributed by atoms with Crippen molar-refractivity contribution in [1.29, 1.82) is 0 Å². The third-order valence-electron chi connectivity index (χ3n) is 4.16. The zero-order chi connectivity index (χ0) is 14.8. The first kappa shape index (κ1) is 15.4. The summed E-state index contributed by atoms with van der Waals surface area (Å²) in [5, 5.41) is 3.53. The van der Waals surface area contributed by atoms with Crippen molar-refractivity contribution in [2.75, 3.05) is 18.4 Å². The summed E-state index contributed by atoms with van der Waals surface area (Å²) in [7, 11) is 0. The SMILES string of the molecule is CC(C)N1CCC(c2ccc(NC(C)(C)C)cc2)CC1. The predicted octanol–water partition coefficient (Wildman–Crippen LogP) is 4.48. The summed E-state index contributed by atoms with van der Waals surface area (Å²) in [6, 6.07) is 9.77. The van der Waals surface area contributed by atoms with Gasteiger partial charge in [-0.15, -0.1) is 0 Å². The van der Waals surface area contributed by atoms with Crippen LogP contribution >= 0.6 is 0 Å². The zero-order valence-corrected chi connectivity index (χ0v) is 13.7. The highest BCUT2D eigenvalue weighted by atomic mass is 15.1. The molecule has 0 amide bonds. The van der Waals surface area contributed by atoms with Crippen molar-refractivity contribution in [2.45, 2.75) is 65.0 Å². The van der Waals surface area contributed by atoms with Gasteiger partial charge in [0.05, 0.1) is 0 Å². The van der Waals surface area contributed by atoms with Crippen molar-refractivity contribution in [2.24, 2.45) is 0 Å². The Labute approximate surface area is 124 Å². The molecule has 1 fully saturated rings. The van der Waals surface area contributed by atoms with Gasteiger partial charge in [0.25, 0.3) is 0 Å². The lowest BCUT2D eigenvalue weighted by molar-refractivity contribution is 0.172.